The molecule has 2 aliphatic rings. The van der Waals surface area contributed by atoms with E-state index in [1.807, 2.05) is 29.8 Å². The molecule has 1 saturated carbocycles. The molecule has 1 fully saturated rings. The van der Waals surface area contributed by atoms with Gasteiger partial charge in [-0.2, -0.15) is 11.8 Å². The van der Waals surface area contributed by atoms with E-state index < -0.39 is 0 Å². The van der Waals surface area contributed by atoms with Gasteiger partial charge in [0.2, 0.25) is 0 Å². The number of benzene rings is 1. The number of nitrogens with zero attached hydrogens (tertiary/aromatic N) is 1. The molecule has 1 aromatic rings. The van der Waals surface area contributed by atoms with E-state index in [1.165, 1.54) is 23.3 Å². The minimum absolute atomic E-state index is 0.192. The summed E-state index contributed by atoms with van der Waals surface area (Å²) >= 11 is 2.04. The smallest absolute Gasteiger partial charge is 0.253 e. The van der Waals surface area contributed by atoms with Crippen LogP contribution in [0.15, 0.2) is 18.2 Å². The van der Waals surface area contributed by atoms with Crippen molar-refractivity contribution in [1.29, 1.82) is 0 Å². The zero-order valence-corrected chi connectivity index (χ0v) is 15.1. The quantitative estimate of drug-likeness (QED) is 0.919. The van der Waals surface area contributed by atoms with E-state index in [-0.39, 0.29) is 5.91 Å². The zero-order valence-electron chi connectivity index (χ0n) is 14.3. The molecule has 0 radical (unpaired) electrons. The molecule has 2 unspecified atom stereocenters. The van der Waals surface area contributed by atoms with Gasteiger partial charge in [-0.15, -0.1) is 0 Å². The van der Waals surface area contributed by atoms with Gasteiger partial charge in [-0.1, -0.05) is 13.0 Å². The van der Waals surface area contributed by atoms with Gasteiger partial charge in [0, 0.05) is 23.9 Å². The number of rotatable bonds is 4. The third-order valence-electron chi connectivity index (χ3n) is 5.22. The van der Waals surface area contributed by atoms with E-state index in [2.05, 4.69) is 24.4 Å². The summed E-state index contributed by atoms with van der Waals surface area (Å²) in [6, 6.07) is 6.73. The largest absolute Gasteiger partial charge is 0.339 e. The van der Waals surface area contributed by atoms with Gasteiger partial charge in [-0.25, -0.2) is 0 Å². The van der Waals surface area contributed by atoms with Gasteiger partial charge < -0.3 is 10.2 Å². The lowest BCUT2D eigenvalue weighted by atomic mass is 9.99. The summed E-state index contributed by atoms with van der Waals surface area (Å²) in [6.45, 7) is 4.27. The van der Waals surface area contributed by atoms with Crippen LogP contribution in [0.4, 0.5) is 0 Å². The molecule has 1 aliphatic heterocycles. The Morgan fingerprint density at radius 3 is 2.83 bits per heavy atom. The van der Waals surface area contributed by atoms with Gasteiger partial charge in [0.1, 0.15) is 0 Å². The predicted octanol–water partition coefficient (Wildman–Crippen LogP) is 3.12. The summed E-state index contributed by atoms with van der Waals surface area (Å²) < 4.78 is 0. The fraction of sp³-hybridized carbons (Fsp3) is 0.632. The highest BCUT2D eigenvalue weighted by Crippen LogP contribution is 2.32. The molecule has 3 nitrogen and oxygen atoms in total. The topological polar surface area (TPSA) is 32.3 Å². The van der Waals surface area contributed by atoms with Crippen molar-refractivity contribution in [2.24, 2.45) is 0 Å². The minimum atomic E-state index is 0.192. The molecule has 23 heavy (non-hydrogen) atoms. The maximum atomic E-state index is 12.9. The number of fused-ring (bicyclic) bond motifs is 1. The van der Waals surface area contributed by atoms with E-state index in [9.17, 15) is 4.79 Å². The highest BCUT2D eigenvalue weighted by Gasteiger charge is 2.30. The minimum Gasteiger partial charge on any atom is -0.339 e. The first kappa shape index (κ1) is 16.8. The fourth-order valence-corrected chi connectivity index (χ4v) is 4.96. The highest BCUT2D eigenvalue weighted by molar-refractivity contribution is 7.99. The molecule has 126 valence electrons. The molecule has 1 amide bonds. The van der Waals surface area contributed by atoms with Gasteiger partial charge in [0.05, 0.1) is 0 Å². The van der Waals surface area contributed by atoms with Crippen molar-refractivity contribution < 1.29 is 4.79 Å². The third kappa shape index (κ3) is 3.92. The Balaban J connectivity index is 1.69. The summed E-state index contributed by atoms with van der Waals surface area (Å²) in [5.74, 6) is 1.37. The first-order chi connectivity index (χ1) is 11.2. The number of amides is 1. The molecule has 0 saturated heterocycles. The van der Waals surface area contributed by atoms with Crippen molar-refractivity contribution in [2.75, 3.05) is 25.9 Å². The molecular formula is C19H28N2OS. The van der Waals surface area contributed by atoms with Crippen LogP contribution in [-0.2, 0) is 12.8 Å². The Kier molecular flexibility index (Phi) is 5.65. The summed E-state index contributed by atoms with van der Waals surface area (Å²) in [5, 5.41) is 4.16. The second kappa shape index (κ2) is 7.71. The van der Waals surface area contributed by atoms with Crippen LogP contribution in [0.25, 0.3) is 0 Å². The zero-order chi connectivity index (χ0) is 16.2. The summed E-state index contributed by atoms with van der Waals surface area (Å²) in [4.78, 5) is 14.9. The lowest BCUT2D eigenvalue weighted by Gasteiger charge is -2.25. The van der Waals surface area contributed by atoms with Crippen molar-refractivity contribution in [3.05, 3.63) is 34.9 Å². The maximum absolute atomic E-state index is 12.9. The number of thioether (sulfide) groups is 1. The molecular weight excluding hydrogens is 304 g/mol. The van der Waals surface area contributed by atoms with Gasteiger partial charge in [-0.05, 0) is 74.2 Å². The van der Waals surface area contributed by atoms with E-state index in [4.69, 9.17) is 0 Å². The van der Waals surface area contributed by atoms with Crippen LogP contribution in [0.3, 0.4) is 0 Å². The first-order valence-corrected chi connectivity index (χ1v) is 9.95. The number of carbonyl (C=O) groups is 1. The molecule has 0 spiro atoms. The molecule has 1 aliphatic carbocycles. The van der Waals surface area contributed by atoms with Gasteiger partial charge in [-0.3, -0.25) is 4.79 Å². The maximum Gasteiger partial charge on any atom is 0.253 e. The molecule has 1 heterocycles. The van der Waals surface area contributed by atoms with Crippen molar-refractivity contribution in [3.8, 4) is 0 Å². The van der Waals surface area contributed by atoms with Crippen molar-refractivity contribution in [3.63, 3.8) is 0 Å². The monoisotopic (exact) mass is 332 g/mol. The molecule has 4 heteroatoms. The summed E-state index contributed by atoms with van der Waals surface area (Å²) in [7, 11) is 1.99. The average Bonchev–Trinajstić information content (AvgIpc) is 2.90. The highest BCUT2D eigenvalue weighted by atomic mass is 32.2. The second-order valence-corrected chi connectivity index (χ2v) is 8.27. The Morgan fingerprint density at radius 2 is 2.04 bits per heavy atom. The number of nitrogens with one attached hydrogen (secondary N) is 1. The van der Waals surface area contributed by atoms with E-state index in [0.29, 0.717) is 6.04 Å². The molecule has 3 rings (SSSR count). The lowest BCUT2D eigenvalue weighted by Crippen LogP contribution is -2.35. The van der Waals surface area contributed by atoms with Crippen LogP contribution in [0.2, 0.25) is 0 Å². The fourth-order valence-electron chi connectivity index (χ4n) is 3.83. The van der Waals surface area contributed by atoms with Gasteiger partial charge in [0.25, 0.3) is 5.91 Å². The van der Waals surface area contributed by atoms with E-state index in [1.54, 1.807) is 0 Å². The summed E-state index contributed by atoms with van der Waals surface area (Å²) in [6.07, 6.45) is 5.64. The predicted molar refractivity (Wildman–Crippen MR) is 98.4 cm³/mol. The van der Waals surface area contributed by atoms with Crippen LogP contribution in [-0.4, -0.2) is 48.0 Å². The average molecular weight is 333 g/mol. The standard InChI is InChI=1S/C19H28N2OS/c1-3-23-18-7-6-17(13-18)21(2)19(22)16-5-4-14-8-10-20-11-9-15(14)12-16/h4-5,12,17-18,20H,3,6-11,13H2,1-2H3. The number of hydrogen-bond acceptors (Lipinski definition) is 3. The van der Waals surface area contributed by atoms with Gasteiger partial charge >= 0.3 is 0 Å². The number of hydrogen-bond donors (Lipinski definition) is 1. The van der Waals surface area contributed by atoms with Gasteiger partial charge in [0.15, 0.2) is 0 Å². The Labute approximate surface area is 144 Å². The number of carbonyl (C=O) groups excluding carboxylic acids is 1. The van der Waals surface area contributed by atoms with Crippen LogP contribution in [0, 0.1) is 0 Å². The molecule has 1 aromatic carbocycles. The normalized spacial score (nSPS) is 24.1. The molecule has 0 bridgehead atoms. The van der Waals surface area contributed by atoms with Crippen molar-refractivity contribution >= 4 is 17.7 Å². The Hall–Kier alpha value is -1.00. The molecule has 0 aromatic heterocycles. The van der Waals surface area contributed by atoms with Crippen LogP contribution < -0.4 is 5.32 Å². The second-order valence-electron chi connectivity index (χ2n) is 6.69. The van der Waals surface area contributed by atoms with Crippen molar-refractivity contribution in [1.82, 2.24) is 10.2 Å². The van der Waals surface area contributed by atoms with Crippen LogP contribution in [0.1, 0.15) is 47.7 Å². The van der Waals surface area contributed by atoms with Crippen molar-refractivity contribution in [2.45, 2.75) is 50.3 Å². The first-order valence-electron chi connectivity index (χ1n) is 8.90. The molecule has 1 N–H and O–H groups in total. The SMILES string of the molecule is CCSC1CCC(N(C)C(=O)c2ccc3c(c2)CCNCC3)C1. The Morgan fingerprint density at radius 1 is 1.26 bits per heavy atom. The Bertz CT molecular complexity index is 560. The third-order valence-corrected chi connectivity index (χ3v) is 6.46. The van der Waals surface area contributed by atoms with E-state index >= 15 is 0 Å². The molecule has 2 atom stereocenters. The van der Waals surface area contributed by atoms with Crippen LogP contribution >= 0.6 is 11.8 Å². The van der Waals surface area contributed by atoms with E-state index in [0.717, 1.165) is 49.6 Å². The lowest BCUT2D eigenvalue weighted by molar-refractivity contribution is 0.0735. The van der Waals surface area contributed by atoms with Crippen LogP contribution in [0.5, 0.6) is 0 Å². The summed E-state index contributed by atoms with van der Waals surface area (Å²) in [5.41, 5.74) is 3.61.